The molecule has 0 aromatic heterocycles. The normalized spacial score (nSPS) is 11.8. The molecule has 5 heteroatoms. The van der Waals surface area contributed by atoms with E-state index in [0.29, 0.717) is 19.5 Å². The summed E-state index contributed by atoms with van der Waals surface area (Å²) in [6.45, 7) is 5.52. The molecule has 0 fully saturated rings. The molecule has 0 aliphatic carbocycles. The van der Waals surface area contributed by atoms with Gasteiger partial charge in [0, 0.05) is 19.5 Å². The van der Waals surface area contributed by atoms with Crippen LogP contribution in [-0.2, 0) is 20.9 Å². The summed E-state index contributed by atoms with van der Waals surface area (Å²) < 4.78 is 5.17. The van der Waals surface area contributed by atoms with Crippen LogP contribution in [0.1, 0.15) is 38.7 Å². The molecular formula is C17H26N2O3. The average molecular weight is 306 g/mol. The Labute approximate surface area is 132 Å². The number of nitrogens with zero attached hydrogens (tertiary/aromatic N) is 1. The van der Waals surface area contributed by atoms with Crippen molar-refractivity contribution in [3.05, 3.63) is 35.9 Å². The van der Waals surface area contributed by atoms with Crippen molar-refractivity contribution in [2.24, 2.45) is 5.73 Å². The molecule has 5 nitrogen and oxygen atoms in total. The van der Waals surface area contributed by atoms with Crippen LogP contribution in [0.4, 0.5) is 0 Å². The minimum Gasteiger partial charge on any atom is -0.461 e. The number of esters is 1. The van der Waals surface area contributed by atoms with E-state index < -0.39 is 6.04 Å². The summed E-state index contributed by atoms with van der Waals surface area (Å²) >= 11 is 0. The van der Waals surface area contributed by atoms with Crippen molar-refractivity contribution in [3.8, 4) is 0 Å². The maximum absolute atomic E-state index is 12.1. The zero-order valence-corrected chi connectivity index (χ0v) is 13.5. The summed E-state index contributed by atoms with van der Waals surface area (Å²) in [7, 11) is 0. The van der Waals surface area contributed by atoms with Gasteiger partial charge in [0.25, 0.3) is 0 Å². The summed E-state index contributed by atoms with van der Waals surface area (Å²) in [5.74, 6) is -0.425. The van der Waals surface area contributed by atoms with Gasteiger partial charge >= 0.3 is 5.97 Å². The van der Waals surface area contributed by atoms with Gasteiger partial charge in [-0.25, -0.2) is 0 Å². The lowest BCUT2D eigenvalue weighted by atomic mass is 10.1. The maximum Gasteiger partial charge on any atom is 0.306 e. The van der Waals surface area contributed by atoms with Crippen molar-refractivity contribution in [1.82, 2.24) is 4.90 Å². The zero-order valence-electron chi connectivity index (χ0n) is 13.5. The summed E-state index contributed by atoms with van der Waals surface area (Å²) in [4.78, 5) is 25.5. The Morgan fingerprint density at radius 3 is 2.50 bits per heavy atom. The lowest BCUT2D eigenvalue weighted by Crippen LogP contribution is -2.44. The fourth-order valence-electron chi connectivity index (χ4n) is 2.14. The third-order valence-corrected chi connectivity index (χ3v) is 3.41. The molecule has 0 radical (unpaired) electrons. The number of hydrogen-bond acceptors (Lipinski definition) is 4. The van der Waals surface area contributed by atoms with Crippen LogP contribution in [0.15, 0.2) is 30.3 Å². The van der Waals surface area contributed by atoms with E-state index in [1.54, 1.807) is 4.90 Å². The van der Waals surface area contributed by atoms with Crippen LogP contribution >= 0.6 is 0 Å². The summed E-state index contributed by atoms with van der Waals surface area (Å²) in [5.41, 5.74) is 6.82. The van der Waals surface area contributed by atoms with Gasteiger partial charge in [-0.05, 0) is 25.3 Å². The Balaban J connectivity index is 2.32. The molecule has 0 spiro atoms. The van der Waals surface area contributed by atoms with Crippen LogP contribution in [0, 0.1) is 0 Å². The van der Waals surface area contributed by atoms with Crippen molar-refractivity contribution in [3.63, 3.8) is 0 Å². The van der Waals surface area contributed by atoms with E-state index in [9.17, 15) is 9.59 Å². The van der Waals surface area contributed by atoms with E-state index >= 15 is 0 Å². The fraction of sp³-hybridized carbons (Fsp3) is 0.529. The topological polar surface area (TPSA) is 72.6 Å². The molecule has 0 saturated heterocycles. The van der Waals surface area contributed by atoms with Crippen molar-refractivity contribution in [1.29, 1.82) is 0 Å². The van der Waals surface area contributed by atoms with Gasteiger partial charge in [-0.15, -0.1) is 0 Å². The monoisotopic (exact) mass is 306 g/mol. The minimum absolute atomic E-state index is 0.0970. The van der Waals surface area contributed by atoms with Crippen LogP contribution < -0.4 is 5.73 Å². The van der Waals surface area contributed by atoms with Crippen LogP contribution in [0.25, 0.3) is 0 Å². The Morgan fingerprint density at radius 2 is 1.91 bits per heavy atom. The van der Waals surface area contributed by atoms with Gasteiger partial charge in [-0.1, -0.05) is 37.3 Å². The van der Waals surface area contributed by atoms with Crippen LogP contribution in [0.5, 0.6) is 0 Å². The fourth-order valence-corrected chi connectivity index (χ4v) is 2.14. The number of ether oxygens (including phenoxy) is 1. The Morgan fingerprint density at radius 1 is 1.23 bits per heavy atom. The lowest BCUT2D eigenvalue weighted by Gasteiger charge is -2.23. The highest BCUT2D eigenvalue weighted by molar-refractivity contribution is 5.82. The molecule has 0 aliphatic heterocycles. The zero-order chi connectivity index (χ0) is 16.4. The van der Waals surface area contributed by atoms with Gasteiger partial charge in [-0.3, -0.25) is 9.59 Å². The molecule has 1 amide bonds. The van der Waals surface area contributed by atoms with Crippen molar-refractivity contribution >= 4 is 11.9 Å². The Bertz CT molecular complexity index is 462. The molecule has 1 atom stereocenters. The number of nitrogens with two attached hydrogens (primary N) is 1. The predicted molar refractivity (Wildman–Crippen MR) is 86.0 cm³/mol. The molecule has 2 N–H and O–H groups in total. The number of carbonyl (C=O) groups excluding carboxylic acids is 2. The van der Waals surface area contributed by atoms with E-state index in [1.807, 2.05) is 44.2 Å². The standard InChI is InChI=1S/C17H26N2O3/c1-3-12-19(4-2)17(21)15(18)10-11-16(20)22-13-14-8-6-5-7-9-14/h5-9,15H,3-4,10-13,18H2,1-2H3/t15-/m1/s1. The van der Waals surface area contributed by atoms with Crippen LogP contribution in [0.3, 0.4) is 0 Å². The predicted octanol–water partition coefficient (Wildman–Crippen LogP) is 2.10. The molecule has 0 heterocycles. The third kappa shape index (κ3) is 6.26. The first-order valence-electron chi connectivity index (χ1n) is 7.82. The summed E-state index contributed by atoms with van der Waals surface area (Å²) in [6.07, 6.45) is 1.36. The van der Waals surface area contributed by atoms with Gasteiger partial charge in [0.05, 0.1) is 6.04 Å². The molecule has 122 valence electrons. The summed E-state index contributed by atoms with van der Waals surface area (Å²) in [5, 5.41) is 0. The molecular weight excluding hydrogens is 280 g/mol. The molecule has 0 bridgehead atoms. The Kier molecular flexibility index (Phi) is 8.22. The molecule has 1 aromatic carbocycles. The Hall–Kier alpha value is -1.88. The lowest BCUT2D eigenvalue weighted by molar-refractivity contribution is -0.145. The van der Waals surface area contributed by atoms with Crippen molar-refractivity contribution in [2.75, 3.05) is 13.1 Å². The number of amides is 1. The molecule has 22 heavy (non-hydrogen) atoms. The molecule has 0 unspecified atom stereocenters. The molecule has 1 rings (SSSR count). The minimum atomic E-state index is -0.643. The number of rotatable bonds is 9. The van der Waals surface area contributed by atoms with Crippen LogP contribution in [-0.4, -0.2) is 35.9 Å². The molecule has 1 aromatic rings. The second-order valence-electron chi connectivity index (χ2n) is 5.21. The smallest absolute Gasteiger partial charge is 0.306 e. The number of likely N-dealkylation sites (N-methyl/N-ethyl adjacent to an activating group) is 1. The number of hydrogen-bond donors (Lipinski definition) is 1. The van der Waals surface area contributed by atoms with Gasteiger partial charge in [0.15, 0.2) is 0 Å². The third-order valence-electron chi connectivity index (χ3n) is 3.41. The second kappa shape index (κ2) is 9.95. The number of carbonyl (C=O) groups is 2. The largest absolute Gasteiger partial charge is 0.461 e. The van der Waals surface area contributed by atoms with Gasteiger partial charge in [-0.2, -0.15) is 0 Å². The quantitative estimate of drug-likeness (QED) is 0.709. The first-order chi connectivity index (χ1) is 10.6. The van der Waals surface area contributed by atoms with Crippen LogP contribution in [0.2, 0.25) is 0 Å². The first-order valence-corrected chi connectivity index (χ1v) is 7.82. The molecule has 0 saturated carbocycles. The van der Waals surface area contributed by atoms with Crippen molar-refractivity contribution < 1.29 is 14.3 Å². The highest BCUT2D eigenvalue weighted by Crippen LogP contribution is 2.05. The van der Waals surface area contributed by atoms with Gasteiger partial charge < -0.3 is 15.4 Å². The first kappa shape index (κ1) is 18.2. The molecule has 0 aliphatic rings. The second-order valence-corrected chi connectivity index (χ2v) is 5.21. The number of benzene rings is 1. The SMILES string of the molecule is CCCN(CC)C(=O)[C@H](N)CCC(=O)OCc1ccccc1. The summed E-state index contributed by atoms with van der Waals surface area (Å²) in [6, 6.07) is 8.84. The van der Waals surface area contributed by atoms with Gasteiger partial charge in [0.1, 0.15) is 6.61 Å². The highest BCUT2D eigenvalue weighted by Gasteiger charge is 2.20. The van der Waals surface area contributed by atoms with E-state index in [2.05, 4.69) is 0 Å². The average Bonchev–Trinajstić information content (AvgIpc) is 2.55. The van der Waals surface area contributed by atoms with E-state index in [-0.39, 0.29) is 24.9 Å². The van der Waals surface area contributed by atoms with E-state index in [0.717, 1.165) is 12.0 Å². The van der Waals surface area contributed by atoms with Crippen molar-refractivity contribution in [2.45, 2.75) is 45.8 Å². The maximum atomic E-state index is 12.1. The van der Waals surface area contributed by atoms with E-state index in [4.69, 9.17) is 10.5 Å². The van der Waals surface area contributed by atoms with Gasteiger partial charge in [0.2, 0.25) is 5.91 Å². The van der Waals surface area contributed by atoms with E-state index in [1.165, 1.54) is 0 Å². The highest BCUT2D eigenvalue weighted by atomic mass is 16.5.